The van der Waals surface area contributed by atoms with E-state index >= 15 is 0 Å². The lowest BCUT2D eigenvalue weighted by molar-refractivity contribution is 0.271. The Morgan fingerprint density at radius 1 is 1.40 bits per heavy atom. The zero-order valence-corrected chi connectivity index (χ0v) is 13.5. The molecule has 2 rings (SSSR count). The molecule has 1 fully saturated rings. The number of aliphatic hydroxyl groups is 1. The molecule has 0 radical (unpaired) electrons. The third-order valence-electron chi connectivity index (χ3n) is 3.95. The fourth-order valence-corrected chi connectivity index (χ4v) is 5.19. The average Bonchev–Trinajstić information content (AvgIpc) is 2.88. The molecule has 1 aromatic rings. The summed E-state index contributed by atoms with van der Waals surface area (Å²) in [7, 11) is -3.41. The van der Waals surface area contributed by atoms with Crippen LogP contribution in [0.25, 0.3) is 0 Å². The molecule has 2 unspecified atom stereocenters. The first-order chi connectivity index (χ1) is 9.51. The van der Waals surface area contributed by atoms with Gasteiger partial charge in [0.25, 0.3) is 0 Å². The molecular formula is C14H23NO3S2. The van der Waals surface area contributed by atoms with Gasteiger partial charge in [-0.25, -0.2) is 13.1 Å². The number of sulfonamides is 1. The molecule has 1 heterocycles. The van der Waals surface area contributed by atoms with Crippen molar-refractivity contribution in [3.63, 3.8) is 0 Å². The Balaban J connectivity index is 1.83. The van der Waals surface area contributed by atoms with Gasteiger partial charge in [-0.2, -0.15) is 0 Å². The summed E-state index contributed by atoms with van der Waals surface area (Å²) in [5.41, 5.74) is 0. The number of nitrogens with one attached hydrogen (secondary N) is 1. The molecule has 2 atom stereocenters. The minimum absolute atomic E-state index is 0.111. The summed E-state index contributed by atoms with van der Waals surface area (Å²) in [5.74, 6) is 1.42. The van der Waals surface area contributed by atoms with Crippen LogP contribution in [0.3, 0.4) is 0 Å². The van der Waals surface area contributed by atoms with Crippen molar-refractivity contribution in [3.05, 3.63) is 17.0 Å². The highest BCUT2D eigenvalue weighted by atomic mass is 32.2. The van der Waals surface area contributed by atoms with E-state index in [0.717, 1.165) is 23.7 Å². The summed E-state index contributed by atoms with van der Waals surface area (Å²) in [5, 5.41) is 8.98. The van der Waals surface area contributed by atoms with E-state index in [1.807, 2.05) is 0 Å². The lowest BCUT2D eigenvalue weighted by Crippen LogP contribution is -2.26. The maximum absolute atomic E-state index is 12.1. The number of hydrogen-bond donors (Lipinski definition) is 2. The second-order valence-corrected chi connectivity index (χ2v) is 8.87. The topological polar surface area (TPSA) is 66.4 Å². The van der Waals surface area contributed by atoms with Crippen molar-refractivity contribution in [2.75, 3.05) is 6.54 Å². The first-order valence-electron chi connectivity index (χ1n) is 7.20. The van der Waals surface area contributed by atoms with Gasteiger partial charge in [0, 0.05) is 11.4 Å². The van der Waals surface area contributed by atoms with E-state index in [1.165, 1.54) is 25.7 Å². The Morgan fingerprint density at radius 3 is 2.85 bits per heavy atom. The maximum Gasteiger partial charge on any atom is 0.250 e. The average molecular weight is 317 g/mol. The summed E-state index contributed by atoms with van der Waals surface area (Å²) in [6.07, 6.45) is 5.93. The van der Waals surface area contributed by atoms with Crippen LogP contribution in [0.5, 0.6) is 0 Å². The maximum atomic E-state index is 12.1. The van der Waals surface area contributed by atoms with Crippen molar-refractivity contribution in [3.8, 4) is 0 Å². The first-order valence-corrected chi connectivity index (χ1v) is 9.50. The van der Waals surface area contributed by atoms with Gasteiger partial charge in [0.05, 0.1) is 6.61 Å². The van der Waals surface area contributed by atoms with E-state index < -0.39 is 10.0 Å². The van der Waals surface area contributed by atoms with Crippen LogP contribution in [-0.2, 0) is 16.6 Å². The summed E-state index contributed by atoms with van der Waals surface area (Å²) in [6, 6.07) is 3.21. The third-order valence-corrected chi connectivity index (χ3v) is 6.97. The molecule has 0 aliphatic heterocycles. The normalized spacial score (nSPS) is 23.9. The number of rotatable bonds is 6. The van der Waals surface area contributed by atoms with E-state index in [0.29, 0.717) is 21.5 Å². The molecule has 114 valence electrons. The van der Waals surface area contributed by atoms with Crippen LogP contribution in [0.15, 0.2) is 16.3 Å². The van der Waals surface area contributed by atoms with Crippen LogP contribution in [0.1, 0.15) is 43.9 Å². The smallest absolute Gasteiger partial charge is 0.250 e. The van der Waals surface area contributed by atoms with Crippen LogP contribution < -0.4 is 4.72 Å². The molecule has 20 heavy (non-hydrogen) atoms. The lowest BCUT2D eigenvalue weighted by atomic mass is 9.81. The Labute approximate surface area is 125 Å². The second-order valence-electron chi connectivity index (χ2n) is 5.70. The number of aliphatic hydroxyl groups excluding tert-OH is 1. The Bertz CT molecular complexity index is 524. The van der Waals surface area contributed by atoms with Crippen molar-refractivity contribution < 1.29 is 13.5 Å². The van der Waals surface area contributed by atoms with Gasteiger partial charge < -0.3 is 5.11 Å². The van der Waals surface area contributed by atoms with Crippen LogP contribution in [0, 0.1) is 11.8 Å². The van der Waals surface area contributed by atoms with Crippen LogP contribution in [0.4, 0.5) is 0 Å². The molecule has 0 saturated heterocycles. The first kappa shape index (κ1) is 15.9. The van der Waals surface area contributed by atoms with Crippen molar-refractivity contribution in [2.45, 2.75) is 49.8 Å². The Morgan fingerprint density at radius 2 is 2.20 bits per heavy atom. The van der Waals surface area contributed by atoms with Gasteiger partial charge in [-0.1, -0.05) is 26.2 Å². The van der Waals surface area contributed by atoms with Gasteiger partial charge in [-0.15, -0.1) is 11.3 Å². The zero-order valence-electron chi connectivity index (χ0n) is 11.8. The van der Waals surface area contributed by atoms with Crippen molar-refractivity contribution in [1.29, 1.82) is 0 Å². The molecule has 0 aromatic carbocycles. The quantitative estimate of drug-likeness (QED) is 0.848. The molecule has 1 saturated carbocycles. The van der Waals surface area contributed by atoms with Crippen molar-refractivity contribution >= 4 is 21.4 Å². The fraction of sp³-hybridized carbons (Fsp3) is 0.714. The molecule has 0 bridgehead atoms. The van der Waals surface area contributed by atoms with E-state index in [-0.39, 0.29) is 6.61 Å². The van der Waals surface area contributed by atoms with Crippen molar-refractivity contribution in [2.24, 2.45) is 11.8 Å². The molecular weight excluding hydrogens is 294 g/mol. The van der Waals surface area contributed by atoms with E-state index in [1.54, 1.807) is 12.1 Å². The second kappa shape index (κ2) is 7.02. The highest BCUT2D eigenvalue weighted by molar-refractivity contribution is 7.91. The summed E-state index contributed by atoms with van der Waals surface area (Å²) >= 11 is 1.13. The summed E-state index contributed by atoms with van der Waals surface area (Å²) < 4.78 is 27.1. The molecule has 0 amide bonds. The van der Waals surface area contributed by atoms with Crippen LogP contribution >= 0.6 is 11.3 Å². The predicted octanol–water partition coefficient (Wildman–Crippen LogP) is 2.74. The number of hydrogen-bond acceptors (Lipinski definition) is 4. The monoisotopic (exact) mass is 317 g/mol. The third kappa shape index (κ3) is 4.28. The minimum atomic E-state index is -3.41. The van der Waals surface area contributed by atoms with Gasteiger partial charge >= 0.3 is 0 Å². The molecule has 4 nitrogen and oxygen atoms in total. The molecule has 1 aliphatic rings. The molecule has 1 aromatic heterocycles. The Hall–Kier alpha value is -0.430. The Kier molecular flexibility index (Phi) is 5.60. The van der Waals surface area contributed by atoms with Gasteiger partial charge in [-0.05, 0) is 36.8 Å². The highest BCUT2D eigenvalue weighted by Gasteiger charge is 2.20. The molecule has 2 N–H and O–H groups in total. The van der Waals surface area contributed by atoms with Gasteiger partial charge in [0.15, 0.2) is 0 Å². The number of thiophene rings is 1. The largest absolute Gasteiger partial charge is 0.391 e. The minimum Gasteiger partial charge on any atom is -0.391 e. The van der Waals surface area contributed by atoms with Gasteiger partial charge in [0.2, 0.25) is 10.0 Å². The van der Waals surface area contributed by atoms with E-state index in [2.05, 4.69) is 11.6 Å². The van der Waals surface area contributed by atoms with Crippen molar-refractivity contribution in [1.82, 2.24) is 4.72 Å². The van der Waals surface area contributed by atoms with E-state index in [4.69, 9.17) is 5.11 Å². The summed E-state index contributed by atoms with van der Waals surface area (Å²) in [4.78, 5) is 0.673. The van der Waals surface area contributed by atoms with Gasteiger partial charge in [-0.3, -0.25) is 0 Å². The fourth-order valence-electron chi connectivity index (χ4n) is 2.88. The van der Waals surface area contributed by atoms with Crippen LogP contribution in [-0.4, -0.2) is 20.1 Å². The molecule has 6 heteroatoms. The molecule has 0 spiro atoms. The lowest BCUT2D eigenvalue weighted by Gasteiger charge is -2.26. The zero-order chi connectivity index (χ0) is 14.6. The van der Waals surface area contributed by atoms with Crippen LogP contribution in [0.2, 0.25) is 0 Å². The highest BCUT2D eigenvalue weighted by Crippen LogP contribution is 2.30. The summed E-state index contributed by atoms with van der Waals surface area (Å²) in [6.45, 7) is 2.67. The SMILES string of the molecule is CC1CCCC(CCNS(=O)(=O)c2ccc(CO)s2)C1. The van der Waals surface area contributed by atoms with Gasteiger partial charge in [0.1, 0.15) is 4.21 Å². The predicted molar refractivity (Wildman–Crippen MR) is 81.2 cm³/mol. The standard InChI is InChI=1S/C14H23NO3S2/c1-11-3-2-4-12(9-11)7-8-15-20(17,18)14-6-5-13(10-16)19-14/h5-6,11-12,15-16H,2-4,7-10H2,1H3. The molecule has 1 aliphatic carbocycles. The van der Waals surface area contributed by atoms with E-state index in [9.17, 15) is 8.42 Å².